The number of ether oxygens (including phenoxy) is 1. The molecule has 3 amide bonds. The lowest BCUT2D eigenvalue weighted by Gasteiger charge is -2.35. The first kappa shape index (κ1) is 30.6. The Hall–Kier alpha value is -3.91. The number of nitrogens with zero attached hydrogens (tertiary/aromatic N) is 1. The lowest BCUT2D eigenvalue weighted by atomic mass is 9.94. The van der Waals surface area contributed by atoms with Crippen molar-refractivity contribution >= 4 is 34.4 Å². The molecule has 3 N–H and O–H groups in total. The molecular formula is C32H41N3O5. The number of hydrogen-bond donors (Lipinski definition) is 3. The Morgan fingerprint density at radius 3 is 2.33 bits per heavy atom. The fourth-order valence-corrected chi connectivity index (χ4v) is 4.53. The minimum absolute atomic E-state index is 0.255. The number of nitrogens with one attached hydrogen (secondary N) is 2. The summed E-state index contributed by atoms with van der Waals surface area (Å²) in [6.07, 6.45) is 0.582. The Labute approximate surface area is 236 Å². The molecule has 40 heavy (non-hydrogen) atoms. The highest BCUT2D eigenvalue weighted by Crippen LogP contribution is 2.29. The molecule has 0 radical (unpaired) electrons. The van der Waals surface area contributed by atoms with E-state index in [4.69, 9.17) is 4.74 Å². The molecule has 0 aliphatic heterocycles. The zero-order valence-corrected chi connectivity index (χ0v) is 24.3. The maximum absolute atomic E-state index is 14.1. The van der Waals surface area contributed by atoms with Crippen LogP contribution in [0.15, 0.2) is 60.7 Å². The number of carbonyl (C=O) groups excluding carboxylic acids is 3. The maximum atomic E-state index is 14.1. The fourth-order valence-electron chi connectivity index (χ4n) is 4.53. The molecule has 0 fully saturated rings. The van der Waals surface area contributed by atoms with Gasteiger partial charge in [0.2, 0.25) is 5.91 Å². The molecule has 3 aromatic carbocycles. The zero-order valence-electron chi connectivity index (χ0n) is 24.3. The van der Waals surface area contributed by atoms with Crippen LogP contribution in [-0.2, 0) is 14.3 Å². The van der Waals surface area contributed by atoms with E-state index < -0.39 is 36.3 Å². The van der Waals surface area contributed by atoms with Crippen LogP contribution in [-0.4, -0.2) is 52.7 Å². The van der Waals surface area contributed by atoms with Crippen molar-refractivity contribution in [2.45, 2.75) is 72.1 Å². The number of aliphatic hydroxyl groups is 1. The third-order valence-corrected chi connectivity index (χ3v) is 6.73. The topological polar surface area (TPSA) is 108 Å². The van der Waals surface area contributed by atoms with Crippen molar-refractivity contribution in [3.63, 3.8) is 0 Å². The molecule has 0 saturated carbocycles. The van der Waals surface area contributed by atoms with Gasteiger partial charge in [-0.15, -0.1) is 0 Å². The summed E-state index contributed by atoms with van der Waals surface area (Å²) < 4.78 is 5.31. The summed E-state index contributed by atoms with van der Waals surface area (Å²) in [5.41, 5.74) is 2.37. The van der Waals surface area contributed by atoms with Crippen molar-refractivity contribution in [2.24, 2.45) is 0 Å². The van der Waals surface area contributed by atoms with Gasteiger partial charge in [0.1, 0.15) is 17.7 Å². The van der Waals surface area contributed by atoms with E-state index in [0.29, 0.717) is 17.7 Å². The van der Waals surface area contributed by atoms with E-state index in [0.717, 1.165) is 28.3 Å². The van der Waals surface area contributed by atoms with Crippen molar-refractivity contribution in [3.05, 3.63) is 77.4 Å². The summed E-state index contributed by atoms with van der Waals surface area (Å²) in [7, 11) is 0. The quantitative estimate of drug-likeness (QED) is 0.304. The van der Waals surface area contributed by atoms with Crippen molar-refractivity contribution < 1.29 is 24.2 Å². The molecule has 3 rings (SSSR count). The monoisotopic (exact) mass is 547 g/mol. The Morgan fingerprint density at radius 2 is 1.68 bits per heavy atom. The Bertz CT molecular complexity index is 1350. The highest BCUT2D eigenvalue weighted by atomic mass is 16.6. The SMILES string of the molecule is CCCCN(C(=O)C(CO)NC(=O)OC(C)(C)C)C(C(=O)Nc1ccc2ccccc2c1)c1cccc(C)c1C. The van der Waals surface area contributed by atoms with E-state index in [2.05, 4.69) is 10.6 Å². The normalized spacial score (nSPS) is 12.9. The fraction of sp³-hybridized carbons (Fsp3) is 0.406. The number of aryl methyl sites for hydroxylation is 1. The minimum Gasteiger partial charge on any atom is -0.444 e. The molecule has 0 aromatic heterocycles. The Kier molecular flexibility index (Phi) is 10.3. The largest absolute Gasteiger partial charge is 0.444 e. The number of unbranched alkanes of at least 4 members (excludes halogenated alkanes) is 1. The lowest BCUT2D eigenvalue weighted by molar-refractivity contribution is -0.141. The van der Waals surface area contributed by atoms with Gasteiger partial charge in [-0.2, -0.15) is 0 Å². The van der Waals surface area contributed by atoms with Crippen LogP contribution in [0.5, 0.6) is 0 Å². The predicted octanol–water partition coefficient (Wildman–Crippen LogP) is 5.65. The van der Waals surface area contributed by atoms with Crippen molar-refractivity contribution in [2.75, 3.05) is 18.5 Å². The molecular weight excluding hydrogens is 506 g/mol. The van der Waals surface area contributed by atoms with Gasteiger partial charge in [0.25, 0.3) is 5.91 Å². The molecule has 0 spiro atoms. The van der Waals surface area contributed by atoms with Crippen LogP contribution in [0, 0.1) is 13.8 Å². The van der Waals surface area contributed by atoms with Crippen LogP contribution in [0.25, 0.3) is 10.8 Å². The second-order valence-corrected chi connectivity index (χ2v) is 11.0. The zero-order chi connectivity index (χ0) is 29.4. The van der Waals surface area contributed by atoms with Gasteiger partial charge in [-0.3, -0.25) is 9.59 Å². The van der Waals surface area contributed by atoms with Crippen LogP contribution in [0.3, 0.4) is 0 Å². The molecule has 3 aromatic rings. The molecule has 8 heteroatoms. The van der Waals surface area contributed by atoms with E-state index in [1.165, 1.54) is 4.90 Å². The van der Waals surface area contributed by atoms with Crippen LogP contribution in [0.4, 0.5) is 10.5 Å². The first-order chi connectivity index (χ1) is 18.9. The summed E-state index contributed by atoms with van der Waals surface area (Å²) in [6.45, 7) is 10.6. The molecule has 8 nitrogen and oxygen atoms in total. The second kappa shape index (κ2) is 13.4. The van der Waals surface area contributed by atoms with E-state index in [1.807, 2.05) is 81.4 Å². The molecule has 2 unspecified atom stereocenters. The number of rotatable bonds is 10. The lowest BCUT2D eigenvalue weighted by Crippen LogP contribution is -2.54. The van der Waals surface area contributed by atoms with Gasteiger partial charge in [-0.25, -0.2) is 4.79 Å². The molecule has 2 atom stereocenters. The van der Waals surface area contributed by atoms with Gasteiger partial charge in [-0.1, -0.05) is 61.9 Å². The number of benzene rings is 3. The number of alkyl carbamates (subject to hydrolysis) is 1. The smallest absolute Gasteiger partial charge is 0.408 e. The number of hydrogen-bond acceptors (Lipinski definition) is 5. The highest BCUT2D eigenvalue weighted by Gasteiger charge is 2.36. The molecule has 0 bridgehead atoms. The number of amides is 3. The predicted molar refractivity (Wildman–Crippen MR) is 158 cm³/mol. The van der Waals surface area contributed by atoms with E-state index in [1.54, 1.807) is 20.8 Å². The minimum atomic E-state index is -1.28. The summed E-state index contributed by atoms with van der Waals surface area (Å²) in [4.78, 5) is 42.0. The number of carbonyl (C=O) groups is 3. The summed E-state index contributed by atoms with van der Waals surface area (Å²) >= 11 is 0. The number of anilines is 1. The number of fused-ring (bicyclic) bond motifs is 1. The highest BCUT2D eigenvalue weighted by molar-refractivity contribution is 6.00. The van der Waals surface area contributed by atoms with E-state index in [9.17, 15) is 19.5 Å². The summed E-state index contributed by atoms with van der Waals surface area (Å²) in [5.74, 6) is -0.955. The summed E-state index contributed by atoms with van der Waals surface area (Å²) in [5, 5.41) is 17.6. The van der Waals surface area contributed by atoms with E-state index >= 15 is 0 Å². The molecule has 0 heterocycles. The molecule has 0 saturated heterocycles. The van der Waals surface area contributed by atoms with Gasteiger partial charge in [0.05, 0.1) is 6.61 Å². The average molecular weight is 548 g/mol. The van der Waals surface area contributed by atoms with Crippen LogP contribution in [0.1, 0.15) is 63.3 Å². The Morgan fingerprint density at radius 1 is 0.975 bits per heavy atom. The number of aliphatic hydroxyl groups excluding tert-OH is 1. The van der Waals surface area contributed by atoms with Crippen molar-refractivity contribution in [3.8, 4) is 0 Å². The van der Waals surface area contributed by atoms with Gasteiger partial charge in [0.15, 0.2) is 0 Å². The molecule has 0 aliphatic carbocycles. The maximum Gasteiger partial charge on any atom is 0.408 e. The summed E-state index contributed by atoms with van der Waals surface area (Å²) in [6, 6.07) is 16.9. The van der Waals surface area contributed by atoms with Crippen molar-refractivity contribution in [1.82, 2.24) is 10.2 Å². The van der Waals surface area contributed by atoms with Crippen LogP contribution < -0.4 is 10.6 Å². The Balaban J connectivity index is 2.03. The van der Waals surface area contributed by atoms with Gasteiger partial charge in [0, 0.05) is 12.2 Å². The second-order valence-electron chi connectivity index (χ2n) is 11.0. The molecule has 214 valence electrons. The first-order valence-electron chi connectivity index (χ1n) is 13.7. The average Bonchev–Trinajstić information content (AvgIpc) is 2.90. The third kappa shape index (κ3) is 7.82. The van der Waals surface area contributed by atoms with Crippen molar-refractivity contribution in [1.29, 1.82) is 0 Å². The van der Waals surface area contributed by atoms with Gasteiger partial charge >= 0.3 is 6.09 Å². The first-order valence-corrected chi connectivity index (χ1v) is 13.7. The van der Waals surface area contributed by atoms with Crippen LogP contribution >= 0.6 is 0 Å². The van der Waals surface area contributed by atoms with Crippen LogP contribution in [0.2, 0.25) is 0 Å². The van der Waals surface area contributed by atoms with E-state index in [-0.39, 0.29) is 12.5 Å². The standard InChI is InChI=1S/C32H41N3O5/c1-7-8-18-35(30(38)27(20-36)34-31(39)40-32(4,5)6)28(26-15-11-12-21(2)22(26)3)29(37)33-25-17-16-23-13-9-10-14-24(23)19-25/h9-17,19,27-28,36H,7-8,18,20H2,1-6H3,(H,33,37)(H,34,39). The van der Waals surface area contributed by atoms with Gasteiger partial charge in [-0.05, 0) is 80.6 Å². The third-order valence-electron chi connectivity index (χ3n) is 6.73. The van der Waals surface area contributed by atoms with Gasteiger partial charge < -0.3 is 25.4 Å². The molecule has 0 aliphatic rings.